The van der Waals surface area contributed by atoms with E-state index in [2.05, 4.69) is 24.4 Å². The highest BCUT2D eigenvalue weighted by Crippen LogP contribution is 2.30. The van der Waals surface area contributed by atoms with Crippen molar-refractivity contribution in [2.45, 2.75) is 84.5 Å². The van der Waals surface area contributed by atoms with Crippen LogP contribution in [0.3, 0.4) is 0 Å². The number of carboxylic acid groups (broad SMARTS) is 1. The van der Waals surface area contributed by atoms with E-state index in [0.717, 1.165) is 55.1 Å². The van der Waals surface area contributed by atoms with Crippen molar-refractivity contribution in [2.75, 3.05) is 12.0 Å². The number of hydrogen-bond donors (Lipinski definition) is 2. The number of aliphatic carboxylic acids is 1. The number of carbonyl (C=O) groups excluding carboxylic acids is 1. The lowest BCUT2D eigenvalue weighted by Gasteiger charge is -2.20. The van der Waals surface area contributed by atoms with Crippen LogP contribution < -0.4 is 5.32 Å². The number of amides is 1. The molecular weight excluding hydrogens is 562 g/mol. The first-order valence-corrected chi connectivity index (χ1v) is 17.2. The van der Waals surface area contributed by atoms with E-state index in [0.29, 0.717) is 24.3 Å². The summed E-state index contributed by atoms with van der Waals surface area (Å²) in [7, 11) is -3.39. The molecule has 0 heterocycles. The molecule has 0 aromatic heterocycles. The quantitative estimate of drug-likeness (QED) is 0.226. The predicted molar refractivity (Wildman–Crippen MR) is 170 cm³/mol. The number of benzene rings is 3. The Morgan fingerprint density at radius 3 is 2.30 bits per heavy atom. The molecule has 8 heteroatoms. The second-order valence-corrected chi connectivity index (χ2v) is 13.9. The maximum absolute atomic E-state index is 13.4. The normalized spacial score (nSPS) is 13.7. The van der Waals surface area contributed by atoms with Crippen molar-refractivity contribution in [1.29, 1.82) is 0 Å². The van der Waals surface area contributed by atoms with Crippen LogP contribution in [0.25, 0.3) is 11.1 Å². The third kappa shape index (κ3) is 9.00. The SMILES string of the molecule is CCCCc1cc2c(cc1COCc1ccc(C(=O)NC(CCS(C)(=O)=O)C(=O)O)c(-c3ccccc3C)c1)CCCC2. The van der Waals surface area contributed by atoms with Crippen molar-refractivity contribution in [3.05, 3.63) is 93.5 Å². The van der Waals surface area contributed by atoms with E-state index in [1.165, 1.54) is 35.1 Å². The standard InChI is InChI=1S/C35H43NO6S/c1-4-5-11-28-20-26-12-7-8-13-27(26)21-29(28)23-42-22-25-15-16-31(32(19-25)30-14-9-6-10-24(30)2)34(37)36-33(35(38)39)17-18-43(3,40)41/h6,9-10,14-16,19-21,33H,4-5,7-8,11-13,17-18,22-23H2,1-3H3,(H,36,37)(H,38,39). The summed E-state index contributed by atoms with van der Waals surface area (Å²) in [6.45, 7) is 5.04. The van der Waals surface area contributed by atoms with Crippen molar-refractivity contribution >= 4 is 21.7 Å². The molecule has 0 saturated heterocycles. The van der Waals surface area contributed by atoms with Gasteiger partial charge in [0.1, 0.15) is 15.9 Å². The summed E-state index contributed by atoms with van der Waals surface area (Å²) in [5.74, 6) is -2.18. The number of sulfone groups is 1. The molecule has 1 atom stereocenters. The monoisotopic (exact) mass is 605 g/mol. The van der Waals surface area contributed by atoms with E-state index >= 15 is 0 Å². The van der Waals surface area contributed by atoms with Gasteiger partial charge in [-0.15, -0.1) is 0 Å². The lowest BCUT2D eigenvalue weighted by molar-refractivity contribution is -0.139. The van der Waals surface area contributed by atoms with Crippen LogP contribution in [0.1, 0.15) is 82.8 Å². The molecule has 0 radical (unpaired) electrons. The lowest BCUT2D eigenvalue weighted by Crippen LogP contribution is -2.42. The second-order valence-electron chi connectivity index (χ2n) is 11.7. The van der Waals surface area contributed by atoms with Gasteiger partial charge in [0.25, 0.3) is 5.91 Å². The maximum atomic E-state index is 13.4. The molecule has 1 unspecified atom stereocenters. The van der Waals surface area contributed by atoms with Crippen LogP contribution >= 0.6 is 0 Å². The van der Waals surface area contributed by atoms with Crippen LogP contribution in [-0.4, -0.2) is 43.5 Å². The van der Waals surface area contributed by atoms with Gasteiger partial charge in [0.05, 0.1) is 19.0 Å². The van der Waals surface area contributed by atoms with Crippen LogP contribution in [0, 0.1) is 6.92 Å². The molecule has 3 aromatic rings. The number of nitrogens with one attached hydrogen (secondary N) is 1. The van der Waals surface area contributed by atoms with E-state index in [4.69, 9.17) is 4.74 Å². The Balaban J connectivity index is 1.56. The molecular formula is C35H43NO6S. The molecule has 0 aliphatic heterocycles. The minimum absolute atomic E-state index is 0.214. The Morgan fingerprint density at radius 1 is 0.953 bits per heavy atom. The van der Waals surface area contributed by atoms with Gasteiger partial charge in [-0.05, 0) is 109 Å². The van der Waals surface area contributed by atoms with Gasteiger partial charge < -0.3 is 15.2 Å². The number of carboxylic acids is 1. The fourth-order valence-electron chi connectivity index (χ4n) is 5.70. The number of hydrogen-bond acceptors (Lipinski definition) is 5. The number of rotatable bonds is 14. The van der Waals surface area contributed by atoms with Crippen molar-refractivity contribution in [2.24, 2.45) is 0 Å². The maximum Gasteiger partial charge on any atom is 0.326 e. The Labute approximate surface area is 255 Å². The molecule has 1 aliphatic rings. The molecule has 0 bridgehead atoms. The Kier molecular flexibility index (Phi) is 11.2. The minimum Gasteiger partial charge on any atom is -0.480 e. The zero-order valence-corrected chi connectivity index (χ0v) is 26.3. The van der Waals surface area contributed by atoms with Crippen molar-refractivity contribution in [1.82, 2.24) is 5.32 Å². The predicted octanol–water partition coefficient (Wildman–Crippen LogP) is 6.22. The van der Waals surface area contributed by atoms with Crippen molar-refractivity contribution in [3.8, 4) is 11.1 Å². The Hall–Kier alpha value is -3.49. The third-order valence-electron chi connectivity index (χ3n) is 8.13. The zero-order valence-electron chi connectivity index (χ0n) is 25.4. The van der Waals surface area contributed by atoms with E-state index in [1.807, 2.05) is 43.3 Å². The largest absolute Gasteiger partial charge is 0.480 e. The van der Waals surface area contributed by atoms with Crippen LogP contribution in [-0.2, 0) is 51.8 Å². The summed E-state index contributed by atoms with van der Waals surface area (Å²) in [6, 6.07) is 16.6. The molecule has 43 heavy (non-hydrogen) atoms. The first kappa shape index (κ1) is 32.4. The van der Waals surface area contributed by atoms with Crippen molar-refractivity contribution in [3.63, 3.8) is 0 Å². The highest BCUT2D eigenvalue weighted by Gasteiger charge is 2.24. The van der Waals surface area contributed by atoms with Gasteiger partial charge >= 0.3 is 5.97 Å². The first-order valence-electron chi connectivity index (χ1n) is 15.2. The highest BCUT2D eigenvalue weighted by atomic mass is 32.2. The van der Waals surface area contributed by atoms with Gasteiger partial charge in [0, 0.05) is 11.8 Å². The minimum atomic E-state index is -3.39. The van der Waals surface area contributed by atoms with Crippen LogP contribution in [0.2, 0.25) is 0 Å². The Morgan fingerprint density at radius 2 is 1.65 bits per heavy atom. The number of fused-ring (bicyclic) bond motifs is 1. The van der Waals surface area contributed by atoms with Gasteiger partial charge in [-0.1, -0.05) is 55.8 Å². The highest BCUT2D eigenvalue weighted by molar-refractivity contribution is 7.90. The van der Waals surface area contributed by atoms with Crippen LogP contribution in [0.4, 0.5) is 0 Å². The van der Waals surface area contributed by atoms with Gasteiger partial charge in [0.15, 0.2) is 0 Å². The van der Waals surface area contributed by atoms with Gasteiger partial charge in [-0.2, -0.15) is 0 Å². The van der Waals surface area contributed by atoms with Crippen molar-refractivity contribution < 1.29 is 27.9 Å². The molecule has 0 fully saturated rings. The van der Waals surface area contributed by atoms with Crippen LogP contribution in [0.15, 0.2) is 54.6 Å². The average Bonchev–Trinajstić information content (AvgIpc) is 2.97. The molecule has 1 amide bonds. The Bertz CT molecular complexity index is 1560. The topological polar surface area (TPSA) is 110 Å². The fourth-order valence-corrected chi connectivity index (χ4v) is 6.37. The fraction of sp³-hybridized carbons (Fsp3) is 0.429. The van der Waals surface area contributed by atoms with E-state index in [9.17, 15) is 23.1 Å². The van der Waals surface area contributed by atoms with E-state index in [1.54, 1.807) is 6.07 Å². The summed E-state index contributed by atoms with van der Waals surface area (Å²) in [5.41, 5.74) is 9.26. The molecule has 7 nitrogen and oxygen atoms in total. The summed E-state index contributed by atoms with van der Waals surface area (Å²) >= 11 is 0. The smallest absolute Gasteiger partial charge is 0.326 e. The molecule has 4 rings (SSSR count). The summed E-state index contributed by atoms with van der Waals surface area (Å²) in [6.07, 6.45) is 8.93. The first-order chi connectivity index (χ1) is 20.6. The number of carbonyl (C=O) groups is 2. The summed E-state index contributed by atoms with van der Waals surface area (Å²) < 4.78 is 29.5. The molecule has 2 N–H and O–H groups in total. The molecule has 0 spiro atoms. The molecule has 0 saturated carbocycles. The number of unbranched alkanes of at least 4 members (excludes halogenated alkanes) is 1. The second kappa shape index (κ2) is 14.8. The number of ether oxygens (including phenoxy) is 1. The summed E-state index contributed by atoms with van der Waals surface area (Å²) in [5, 5.41) is 12.2. The van der Waals surface area contributed by atoms with Gasteiger partial charge in [-0.3, -0.25) is 4.79 Å². The molecule has 3 aromatic carbocycles. The zero-order chi connectivity index (χ0) is 31.0. The van der Waals surface area contributed by atoms with Crippen LogP contribution in [0.5, 0.6) is 0 Å². The number of aryl methyl sites for hydroxylation is 4. The van der Waals surface area contributed by atoms with Gasteiger partial charge in [-0.25, -0.2) is 13.2 Å². The van der Waals surface area contributed by atoms with E-state index < -0.39 is 27.8 Å². The van der Waals surface area contributed by atoms with Gasteiger partial charge in [0.2, 0.25) is 0 Å². The molecule has 230 valence electrons. The summed E-state index contributed by atoms with van der Waals surface area (Å²) in [4.78, 5) is 25.2. The third-order valence-corrected chi connectivity index (χ3v) is 9.11. The molecule has 1 aliphatic carbocycles. The lowest BCUT2D eigenvalue weighted by atomic mass is 9.87. The average molecular weight is 606 g/mol. The van der Waals surface area contributed by atoms with E-state index in [-0.39, 0.29) is 12.2 Å².